The molecule has 4 saturated heterocycles. The van der Waals surface area contributed by atoms with Gasteiger partial charge in [-0.3, -0.25) is 58.7 Å². The number of aliphatic imine (C=N–C) groups is 4. The first-order valence-corrected chi connectivity index (χ1v) is 49.9. The molecule has 16 rings (SSSR count). The maximum Gasteiger partial charge on any atom is 0.338 e. The van der Waals surface area contributed by atoms with Crippen LogP contribution in [0.1, 0.15) is 121 Å². The van der Waals surface area contributed by atoms with E-state index in [0.717, 1.165) is 10.7 Å². The number of alkyl halides is 4. The van der Waals surface area contributed by atoms with E-state index in [1.165, 1.54) is 111 Å². The standard InChI is InChI=1S/C24H27BrFN5O4S.C22H20BrF3N4O4S.2C22H21BrF2N4O4S/c1-4-35-22(32)18-17(12-31-9-10-36-13-24(31,2)23(33)34)28-20(21-27-7-8-30(21)3)29-19(18)15-6-5-14(26)11-16(15)25;1-2-34-21(33)16-14(9-30-10-22(25,26)8-15(30)20(31)32)28-18(19-27-5-6-35-19)29-17(16)12-4-3-11(24)7-13(12)23;2*1-2-33-22(32)17-15(10-29-9-12(25)8-16(29)21(30)31)27-19(20-26-5-6-34-20)28-18(17)13-4-3-11(24)7-14(13)23/h5-8,11,19H,4,9-10,12-13H2,1-3H3,(H,28,29)(H,33,34);3-7,15,17H,2,8-10H2,1H3,(H,28,29)(H,31,32);2*3-7,12,16,18H,2,8-10H2,1H3,(H,27,28)(H,30,31)/t;15-,17?;12-,16+,18?;12-,16-,18?/m.010/s1. The molecule has 4 fully saturated rings. The topological polar surface area (TPSA) is 421 Å². The number of nitrogens with one attached hydrogen (secondary N) is 4. The Hall–Kier alpha value is -10.9. The SMILES string of the molecule is CCOC(=O)C1=C(CN2CC(F)(F)C[C@H]2C(=O)O)NC(c2nccs2)=NC1c1ccc(F)cc1Br.CCOC(=O)C1=C(CN2CCSCC2(C)C(=O)O)NC(c2nccn2C)=NC1c1ccc(F)cc1Br.CCOC(=O)C1=C(CN2C[C@@H](F)C[C@H]2C(=O)O)NC(c2nccs2)=NC1c1ccc(F)cc1Br.CCOC(=O)C1=C(CN2C[C@H](F)C[C@H]2C(=O)O)NC(c2nccs2)=NC1c1ccc(F)cc1Br. The number of aryl methyl sites for hydroxylation is 1. The van der Waals surface area contributed by atoms with E-state index in [4.69, 9.17) is 33.9 Å². The van der Waals surface area contributed by atoms with Crippen LogP contribution in [0, 0.1) is 23.3 Å². The number of carbonyl (C=O) groups excluding carboxylic acids is 4. The fourth-order valence-corrected chi connectivity index (χ4v) is 21.6. The van der Waals surface area contributed by atoms with Crippen molar-refractivity contribution in [3.8, 4) is 0 Å². The van der Waals surface area contributed by atoms with E-state index in [1.807, 2.05) is 11.9 Å². The lowest BCUT2D eigenvalue weighted by molar-refractivity contribution is -0.149. The van der Waals surface area contributed by atoms with Crippen molar-refractivity contribution in [3.05, 3.63) is 249 Å². The van der Waals surface area contributed by atoms with Crippen molar-refractivity contribution in [1.82, 2.24) is 65.4 Å². The van der Waals surface area contributed by atoms with Gasteiger partial charge in [-0.2, -0.15) is 11.8 Å². The number of benzene rings is 4. The van der Waals surface area contributed by atoms with E-state index in [-0.39, 0.29) is 112 Å². The summed E-state index contributed by atoms with van der Waals surface area (Å²) in [4.78, 5) is 142. The lowest BCUT2D eigenvalue weighted by Gasteiger charge is -2.42. The minimum Gasteiger partial charge on any atom is -0.480 e. The van der Waals surface area contributed by atoms with Gasteiger partial charge in [0, 0.05) is 171 Å². The molecule has 0 spiro atoms. The summed E-state index contributed by atoms with van der Waals surface area (Å²) in [6.45, 7) is 8.02. The molecule has 0 saturated carbocycles. The first-order valence-electron chi connectivity index (χ1n) is 42.9. The second-order valence-corrected chi connectivity index (χ2v) is 39.3. The Morgan fingerprint density at radius 1 is 0.468 bits per heavy atom. The zero-order chi connectivity index (χ0) is 100. The fourth-order valence-electron chi connectivity index (χ4n) is 16.4. The summed E-state index contributed by atoms with van der Waals surface area (Å²) in [5.74, 6) is -9.20. The predicted molar refractivity (Wildman–Crippen MR) is 513 cm³/mol. The van der Waals surface area contributed by atoms with Crippen molar-refractivity contribution in [2.75, 3.05) is 90.3 Å². The Kier molecular flexibility index (Phi) is 35.4. The van der Waals surface area contributed by atoms with Gasteiger partial charge in [-0.1, -0.05) is 88.0 Å². The van der Waals surface area contributed by atoms with Gasteiger partial charge in [0.25, 0.3) is 5.92 Å². The third-order valence-corrected chi connectivity index (χ3v) is 29.2. The number of amidine groups is 4. The number of imidazole rings is 1. The van der Waals surface area contributed by atoms with Crippen molar-refractivity contribution in [2.45, 2.75) is 120 Å². The molecule has 0 aliphatic carbocycles. The van der Waals surface area contributed by atoms with Crippen LogP contribution in [0.3, 0.4) is 0 Å². The van der Waals surface area contributed by atoms with Gasteiger partial charge in [0.05, 0.1) is 55.3 Å². The Labute approximate surface area is 839 Å². The van der Waals surface area contributed by atoms with Gasteiger partial charge in [-0.25, -0.2) is 74.2 Å². The molecule has 4 aromatic heterocycles. The summed E-state index contributed by atoms with van der Waals surface area (Å²) in [5.41, 5.74) is 2.74. The first kappa shape index (κ1) is 105. The second-order valence-electron chi connectivity index (χ2n) is 32.1. The van der Waals surface area contributed by atoms with Crippen LogP contribution in [0.25, 0.3) is 0 Å². The zero-order valence-corrected chi connectivity index (χ0v) is 84.0. The molecular formula is C90H89Br4F8N17O16S4. The van der Waals surface area contributed by atoms with Crippen molar-refractivity contribution in [2.24, 2.45) is 27.0 Å². The number of likely N-dealkylation sites (tertiary alicyclic amines) is 3. The molecular weight excluding hydrogens is 2170 g/mol. The summed E-state index contributed by atoms with van der Waals surface area (Å²) in [6, 6.07) is 9.06. The molecule has 49 heteroatoms. The van der Waals surface area contributed by atoms with Crippen LogP contribution in [0.4, 0.5) is 35.1 Å². The minimum absolute atomic E-state index is 0.0128. The molecule has 8 aliphatic heterocycles. The number of carboxylic acid groups (broad SMARTS) is 4. The smallest absolute Gasteiger partial charge is 0.338 e. The number of aromatic nitrogens is 5. The number of thioether (sulfide) groups is 1. The summed E-state index contributed by atoms with van der Waals surface area (Å²) in [6.07, 6.45) is 4.44. The van der Waals surface area contributed by atoms with E-state index >= 15 is 0 Å². The van der Waals surface area contributed by atoms with Crippen LogP contribution in [0.5, 0.6) is 0 Å². The summed E-state index contributed by atoms with van der Waals surface area (Å²) < 4.78 is 137. The maximum atomic E-state index is 14.2. The average Bonchev–Trinajstić information content (AvgIpc) is 1.32. The summed E-state index contributed by atoms with van der Waals surface area (Å²) >= 11 is 18.9. The number of nitrogens with zero attached hydrogens (tertiary/aromatic N) is 13. The molecule has 4 aromatic carbocycles. The Bertz CT molecular complexity index is 6060. The van der Waals surface area contributed by atoms with E-state index in [0.29, 0.717) is 108 Å². The summed E-state index contributed by atoms with van der Waals surface area (Å²) in [5, 5.41) is 58.0. The zero-order valence-electron chi connectivity index (χ0n) is 74.4. The number of hydrogen-bond donors (Lipinski definition) is 8. The van der Waals surface area contributed by atoms with Gasteiger partial charge in [-0.05, 0) is 105 Å². The van der Waals surface area contributed by atoms with E-state index in [2.05, 4.69) is 110 Å². The number of thiazole rings is 3. The molecule has 0 bridgehead atoms. The molecule has 139 heavy (non-hydrogen) atoms. The first-order chi connectivity index (χ1) is 66.3. The number of halogens is 12. The van der Waals surface area contributed by atoms with Crippen LogP contribution < -0.4 is 21.3 Å². The van der Waals surface area contributed by atoms with E-state index < -0.39 is 150 Å². The normalized spacial score (nSPS) is 22.6. The van der Waals surface area contributed by atoms with Crippen LogP contribution in [-0.4, -0.2) is 268 Å². The van der Waals surface area contributed by atoms with E-state index in [9.17, 15) is 93.9 Å². The van der Waals surface area contributed by atoms with Gasteiger partial charge in [0.2, 0.25) is 0 Å². The minimum atomic E-state index is -3.20. The highest BCUT2D eigenvalue weighted by Crippen LogP contribution is 2.45. The average molecular weight is 2260 g/mol. The highest BCUT2D eigenvalue weighted by atomic mass is 79.9. The number of esters is 4. The second kappa shape index (κ2) is 46.7. The number of carbonyl (C=O) groups is 8. The molecule has 8 aromatic rings. The van der Waals surface area contributed by atoms with Crippen molar-refractivity contribution < 1.29 is 113 Å². The third kappa shape index (κ3) is 25.0. The Morgan fingerprint density at radius 3 is 1.10 bits per heavy atom. The van der Waals surface area contributed by atoms with Gasteiger partial charge in [0.1, 0.15) is 83.4 Å². The predicted octanol–water partition coefficient (Wildman–Crippen LogP) is 13.8. The highest BCUT2D eigenvalue weighted by molar-refractivity contribution is 9.11. The monoisotopic (exact) mass is 2260 g/mol. The van der Waals surface area contributed by atoms with Gasteiger partial charge in [0.15, 0.2) is 44.2 Å². The number of carboxylic acids is 4. The molecule has 10 atom stereocenters. The number of ether oxygens (including phenoxy) is 4. The lowest BCUT2D eigenvalue weighted by Crippen LogP contribution is -2.59. The van der Waals surface area contributed by atoms with Gasteiger partial charge < -0.3 is 65.2 Å². The molecule has 12 heterocycles. The molecule has 738 valence electrons. The van der Waals surface area contributed by atoms with Crippen LogP contribution in [-0.2, 0) is 64.4 Å². The molecule has 5 unspecified atom stereocenters. The lowest BCUT2D eigenvalue weighted by atomic mass is 9.94. The molecule has 0 amide bonds. The largest absolute Gasteiger partial charge is 0.480 e. The quantitative estimate of drug-likeness (QED) is 0.0128. The van der Waals surface area contributed by atoms with Crippen LogP contribution >= 0.6 is 109 Å². The van der Waals surface area contributed by atoms with Crippen LogP contribution in [0.15, 0.2) is 203 Å². The molecule has 8 N–H and O–H groups in total. The van der Waals surface area contributed by atoms with Crippen molar-refractivity contribution in [1.29, 1.82) is 0 Å². The molecule has 33 nitrogen and oxygen atoms in total. The highest BCUT2D eigenvalue weighted by Gasteiger charge is 2.51. The summed E-state index contributed by atoms with van der Waals surface area (Å²) in [7, 11) is 1.82. The number of rotatable bonds is 28. The van der Waals surface area contributed by atoms with Crippen molar-refractivity contribution >= 4 is 181 Å². The van der Waals surface area contributed by atoms with Crippen molar-refractivity contribution in [3.63, 3.8) is 0 Å². The number of hydrogen-bond acceptors (Lipinski definition) is 32. The Morgan fingerprint density at radius 2 is 0.799 bits per heavy atom. The van der Waals surface area contributed by atoms with E-state index in [1.54, 1.807) is 104 Å². The Balaban J connectivity index is 0.000000156. The van der Waals surface area contributed by atoms with Crippen LogP contribution in [0.2, 0.25) is 0 Å². The van der Waals surface area contributed by atoms with Gasteiger partial charge in [-0.15, -0.1) is 34.0 Å². The fraction of sp³-hybridized carbons (Fsp3) is 0.378. The molecule has 8 aliphatic rings. The van der Waals surface area contributed by atoms with Gasteiger partial charge >= 0.3 is 47.8 Å². The maximum absolute atomic E-state index is 14.2. The number of aliphatic carboxylic acids is 4. The molecule has 0 radical (unpaired) electrons. The third-order valence-electron chi connectivity index (χ3n) is 22.9.